The molecule has 6 nitrogen and oxygen atoms in total. The van der Waals surface area contributed by atoms with Crippen LogP contribution in [-0.2, 0) is 4.74 Å². The standard InChI is InChI=1S/C12H18N4O2/c1-2-13-11-4-3-10(9-14-11)12(17)15-16-5-7-18-8-6-16/h3-4,9H,2,5-8H2,1H3,(H,13,14)(H,15,17). The zero-order valence-corrected chi connectivity index (χ0v) is 10.5. The molecular formula is C12H18N4O2. The Labute approximate surface area is 106 Å². The molecular weight excluding hydrogens is 232 g/mol. The number of aromatic nitrogens is 1. The molecule has 0 bridgehead atoms. The van der Waals surface area contributed by atoms with Crippen LogP contribution in [-0.4, -0.2) is 48.7 Å². The van der Waals surface area contributed by atoms with Crippen molar-refractivity contribution in [2.45, 2.75) is 6.92 Å². The van der Waals surface area contributed by atoms with Crippen LogP contribution in [0, 0.1) is 0 Å². The molecule has 0 unspecified atom stereocenters. The van der Waals surface area contributed by atoms with Crippen LogP contribution in [0.4, 0.5) is 5.82 Å². The third-order valence-corrected chi connectivity index (χ3v) is 2.65. The highest BCUT2D eigenvalue weighted by molar-refractivity contribution is 5.93. The number of hydrogen-bond acceptors (Lipinski definition) is 5. The molecule has 0 spiro atoms. The Morgan fingerprint density at radius 3 is 2.83 bits per heavy atom. The van der Waals surface area contributed by atoms with Crippen LogP contribution in [0.25, 0.3) is 0 Å². The van der Waals surface area contributed by atoms with Gasteiger partial charge in [-0.25, -0.2) is 9.99 Å². The SMILES string of the molecule is CCNc1ccc(C(=O)NN2CCOCC2)cn1. The summed E-state index contributed by atoms with van der Waals surface area (Å²) >= 11 is 0. The van der Waals surface area contributed by atoms with Gasteiger partial charge in [0.05, 0.1) is 18.8 Å². The van der Waals surface area contributed by atoms with Crippen LogP contribution < -0.4 is 10.7 Å². The molecule has 1 amide bonds. The molecule has 0 radical (unpaired) electrons. The van der Waals surface area contributed by atoms with Crippen LogP contribution in [0.15, 0.2) is 18.3 Å². The summed E-state index contributed by atoms with van der Waals surface area (Å²) in [5, 5.41) is 4.95. The van der Waals surface area contributed by atoms with Crippen LogP contribution in [0.3, 0.4) is 0 Å². The van der Waals surface area contributed by atoms with E-state index in [0.717, 1.165) is 12.4 Å². The Bertz CT molecular complexity index is 388. The van der Waals surface area contributed by atoms with Crippen LogP contribution in [0.5, 0.6) is 0 Å². The lowest BCUT2D eigenvalue weighted by molar-refractivity contribution is 0.0126. The van der Waals surface area contributed by atoms with Crippen molar-refractivity contribution in [3.63, 3.8) is 0 Å². The van der Waals surface area contributed by atoms with Gasteiger partial charge in [0, 0.05) is 25.8 Å². The molecule has 1 aliphatic heterocycles. The number of carbonyl (C=O) groups excluding carboxylic acids is 1. The Balaban J connectivity index is 1.91. The number of hydrazine groups is 1. The third-order valence-electron chi connectivity index (χ3n) is 2.65. The quantitative estimate of drug-likeness (QED) is 0.814. The molecule has 2 rings (SSSR count). The fourth-order valence-corrected chi connectivity index (χ4v) is 1.70. The maximum absolute atomic E-state index is 11.9. The van der Waals surface area contributed by atoms with Gasteiger partial charge in [-0.2, -0.15) is 0 Å². The Hall–Kier alpha value is -1.66. The highest BCUT2D eigenvalue weighted by atomic mass is 16.5. The number of nitrogens with zero attached hydrogens (tertiary/aromatic N) is 2. The summed E-state index contributed by atoms with van der Waals surface area (Å²) in [5.74, 6) is 0.646. The maximum atomic E-state index is 11.9. The van der Waals surface area contributed by atoms with E-state index in [9.17, 15) is 4.79 Å². The fraction of sp³-hybridized carbons (Fsp3) is 0.500. The summed E-state index contributed by atoms with van der Waals surface area (Å²) in [7, 11) is 0. The predicted octanol–water partition coefficient (Wildman–Crippen LogP) is 0.490. The average molecular weight is 250 g/mol. The van der Waals surface area contributed by atoms with E-state index in [4.69, 9.17) is 4.74 Å². The molecule has 0 aliphatic carbocycles. The molecule has 2 N–H and O–H groups in total. The fourth-order valence-electron chi connectivity index (χ4n) is 1.70. The Kier molecular flexibility index (Phi) is 4.49. The van der Waals surface area contributed by atoms with E-state index in [1.54, 1.807) is 18.3 Å². The number of ether oxygens (including phenoxy) is 1. The number of morpholine rings is 1. The minimum Gasteiger partial charge on any atom is -0.379 e. The summed E-state index contributed by atoms with van der Waals surface area (Å²) in [6.07, 6.45) is 1.58. The van der Waals surface area contributed by atoms with E-state index in [-0.39, 0.29) is 5.91 Å². The summed E-state index contributed by atoms with van der Waals surface area (Å²) in [6, 6.07) is 3.57. The second kappa shape index (κ2) is 6.32. The topological polar surface area (TPSA) is 66.5 Å². The number of pyridine rings is 1. The van der Waals surface area contributed by atoms with Gasteiger partial charge in [-0.3, -0.25) is 10.2 Å². The molecule has 1 fully saturated rings. The highest BCUT2D eigenvalue weighted by Gasteiger charge is 2.14. The van der Waals surface area contributed by atoms with Crippen LogP contribution in [0.2, 0.25) is 0 Å². The highest BCUT2D eigenvalue weighted by Crippen LogP contribution is 2.05. The zero-order valence-electron chi connectivity index (χ0n) is 10.5. The van der Waals surface area contributed by atoms with Crippen LogP contribution in [0.1, 0.15) is 17.3 Å². The molecule has 0 aromatic carbocycles. The van der Waals surface area contributed by atoms with Gasteiger partial charge in [0.2, 0.25) is 0 Å². The molecule has 2 heterocycles. The Morgan fingerprint density at radius 2 is 2.22 bits per heavy atom. The number of rotatable bonds is 4. The summed E-state index contributed by atoms with van der Waals surface area (Å²) in [6.45, 7) is 5.55. The average Bonchev–Trinajstić information content (AvgIpc) is 2.41. The van der Waals surface area contributed by atoms with Gasteiger partial charge < -0.3 is 10.1 Å². The van der Waals surface area contributed by atoms with E-state index in [0.29, 0.717) is 31.9 Å². The normalized spacial score (nSPS) is 16.3. The first kappa shape index (κ1) is 12.8. The molecule has 0 saturated carbocycles. The molecule has 1 aliphatic rings. The first-order valence-corrected chi connectivity index (χ1v) is 6.13. The van der Waals surface area contributed by atoms with E-state index in [1.807, 2.05) is 11.9 Å². The molecule has 98 valence electrons. The number of nitrogens with one attached hydrogen (secondary N) is 2. The monoisotopic (exact) mass is 250 g/mol. The first-order valence-electron chi connectivity index (χ1n) is 6.13. The Morgan fingerprint density at radius 1 is 1.44 bits per heavy atom. The van der Waals surface area contributed by atoms with Gasteiger partial charge in [0.15, 0.2) is 0 Å². The number of hydrogen-bond donors (Lipinski definition) is 2. The zero-order chi connectivity index (χ0) is 12.8. The summed E-state index contributed by atoms with van der Waals surface area (Å²) in [5.41, 5.74) is 3.40. The van der Waals surface area contributed by atoms with Crippen molar-refractivity contribution in [1.82, 2.24) is 15.4 Å². The summed E-state index contributed by atoms with van der Waals surface area (Å²) in [4.78, 5) is 16.1. The number of anilines is 1. The smallest absolute Gasteiger partial charge is 0.267 e. The van der Waals surface area contributed by atoms with Gasteiger partial charge in [-0.1, -0.05) is 0 Å². The minimum atomic E-state index is -0.132. The lowest BCUT2D eigenvalue weighted by Gasteiger charge is -2.26. The second-order valence-electron chi connectivity index (χ2n) is 4.00. The van der Waals surface area contributed by atoms with Gasteiger partial charge >= 0.3 is 0 Å². The van der Waals surface area contributed by atoms with Crippen LogP contribution >= 0.6 is 0 Å². The lowest BCUT2D eigenvalue weighted by Crippen LogP contribution is -2.48. The van der Waals surface area contributed by atoms with E-state index in [2.05, 4.69) is 15.7 Å². The molecule has 1 aromatic rings. The molecule has 18 heavy (non-hydrogen) atoms. The number of carbonyl (C=O) groups is 1. The van der Waals surface area contributed by atoms with Gasteiger partial charge in [-0.05, 0) is 19.1 Å². The van der Waals surface area contributed by atoms with Crippen molar-refractivity contribution in [2.75, 3.05) is 38.2 Å². The van der Waals surface area contributed by atoms with Crippen molar-refractivity contribution in [2.24, 2.45) is 0 Å². The maximum Gasteiger partial charge on any atom is 0.267 e. The van der Waals surface area contributed by atoms with Crippen molar-refractivity contribution in [1.29, 1.82) is 0 Å². The first-order chi connectivity index (χ1) is 8.79. The summed E-state index contributed by atoms with van der Waals surface area (Å²) < 4.78 is 5.22. The molecule has 6 heteroatoms. The van der Waals surface area contributed by atoms with Gasteiger partial charge in [-0.15, -0.1) is 0 Å². The van der Waals surface area contributed by atoms with Crippen molar-refractivity contribution >= 4 is 11.7 Å². The third kappa shape index (κ3) is 3.41. The number of amides is 1. The van der Waals surface area contributed by atoms with Crippen molar-refractivity contribution in [3.05, 3.63) is 23.9 Å². The molecule has 0 atom stereocenters. The van der Waals surface area contributed by atoms with Crippen molar-refractivity contribution < 1.29 is 9.53 Å². The second-order valence-corrected chi connectivity index (χ2v) is 4.00. The van der Waals surface area contributed by atoms with Gasteiger partial charge in [0.1, 0.15) is 5.82 Å². The van der Waals surface area contributed by atoms with E-state index >= 15 is 0 Å². The minimum absolute atomic E-state index is 0.132. The molecule has 1 saturated heterocycles. The van der Waals surface area contributed by atoms with Gasteiger partial charge in [0.25, 0.3) is 5.91 Å². The predicted molar refractivity (Wildman–Crippen MR) is 68.3 cm³/mol. The van der Waals surface area contributed by atoms with Crippen molar-refractivity contribution in [3.8, 4) is 0 Å². The molecule has 1 aromatic heterocycles. The van der Waals surface area contributed by atoms with E-state index in [1.165, 1.54) is 0 Å². The lowest BCUT2D eigenvalue weighted by atomic mass is 10.2. The van der Waals surface area contributed by atoms with E-state index < -0.39 is 0 Å². The largest absolute Gasteiger partial charge is 0.379 e.